The number of esters is 2. The van der Waals surface area contributed by atoms with E-state index in [1.54, 1.807) is 45.6 Å². The van der Waals surface area contributed by atoms with Crippen LogP contribution in [0.25, 0.3) is 0 Å². The number of rotatable bonds is 14. The average molecular weight is 666 g/mol. The summed E-state index contributed by atoms with van der Waals surface area (Å²) >= 11 is 0. The maximum atomic E-state index is 13.7. The molecule has 0 saturated heterocycles. The number of hydrogen-bond donors (Lipinski definition) is 0. The van der Waals surface area contributed by atoms with Crippen molar-refractivity contribution in [3.63, 3.8) is 0 Å². The molecule has 0 aromatic heterocycles. The molecule has 0 spiro atoms. The highest BCUT2D eigenvalue weighted by Crippen LogP contribution is 2.37. The minimum absolute atomic E-state index is 0.0958. The van der Waals surface area contributed by atoms with Gasteiger partial charge >= 0.3 is 18.0 Å². The Morgan fingerprint density at radius 3 is 1.81 bits per heavy atom. The average Bonchev–Trinajstić information content (AvgIpc) is 3.00. The highest BCUT2D eigenvalue weighted by Gasteiger charge is 2.50. The van der Waals surface area contributed by atoms with Crippen molar-refractivity contribution in [1.29, 1.82) is 0 Å². The van der Waals surface area contributed by atoms with Crippen molar-refractivity contribution in [3.05, 3.63) is 72.8 Å². The second kappa shape index (κ2) is 17.1. The van der Waals surface area contributed by atoms with Gasteiger partial charge in [0, 0.05) is 12.6 Å². The Morgan fingerprint density at radius 2 is 1.34 bits per heavy atom. The van der Waals surface area contributed by atoms with E-state index in [-0.39, 0.29) is 24.3 Å². The molecule has 0 saturated carbocycles. The summed E-state index contributed by atoms with van der Waals surface area (Å²) in [6.45, 7) is 16.4. The fourth-order valence-corrected chi connectivity index (χ4v) is 11.0. The van der Waals surface area contributed by atoms with Gasteiger partial charge in [0.25, 0.3) is 8.32 Å². The number of carbonyl (C=O) groups excluding carboxylic acids is 3. The number of nitrogens with zero attached hydrogens (tertiary/aromatic N) is 1. The zero-order chi connectivity index (χ0) is 34.7. The van der Waals surface area contributed by atoms with E-state index < -0.39 is 43.9 Å². The molecule has 2 aromatic carbocycles. The van der Waals surface area contributed by atoms with E-state index in [1.165, 1.54) is 10.4 Å². The minimum atomic E-state index is -2.61. The number of hydrogen-bond acceptors (Lipinski definition) is 7. The fourth-order valence-electron chi connectivity index (χ4n) is 6.42. The standard InChI is InChI=1S/C38H55NO7Si/c1-9-43-34(40)33(35(41)44-10-2)32-27-20-22-29(39(32)36(42)46-37(3,4)5)21-14-13-19-28-45-47(38(6,7)8,30-23-15-11-16-24-30)31-25-17-12-18-26-31/h11-12,15-18,20,23-27,29,32-33H,9-10,13-14,19,21-22,28H2,1-8H3/t29-,32+/m1/s1. The van der Waals surface area contributed by atoms with E-state index in [9.17, 15) is 14.4 Å². The van der Waals surface area contributed by atoms with Crippen LogP contribution in [0.4, 0.5) is 4.79 Å². The van der Waals surface area contributed by atoms with E-state index in [1.807, 2.05) is 18.2 Å². The molecular formula is C38H55NO7Si. The first-order chi connectivity index (χ1) is 22.3. The van der Waals surface area contributed by atoms with Crippen LogP contribution in [0.2, 0.25) is 5.04 Å². The maximum Gasteiger partial charge on any atom is 0.411 e. The maximum absolute atomic E-state index is 13.7. The zero-order valence-electron chi connectivity index (χ0n) is 29.6. The number of carbonyl (C=O) groups is 3. The summed E-state index contributed by atoms with van der Waals surface area (Å²) in [5, 5.41) is 2.41. The second-order valence-corrected chi connectivity index (χ2v) is 18.3. The van der Waals surface area contributed by atoms with Gasteiger partial charge in [0.15, 0.2) is 5.92 Å². The van der Waals surface area contributed by atoms with Gasteiger partial charge in [-0.1, -0.05) is 106 Å². The Morgan fingerprint density at radius 1 is 0.809 bits per heavy atom. The molecule has 0 radical (unpaired) electrons. The zero-order valence-corrected chi connectivity index (χ0v) is 30.6. The van der Waals surface area contributed by atoms with Crippen LogP contribution < -0.4 is 10.4 Å². The van der Waals surface area contributed by atoms with Gasteiger partial charge in [0.1, 0.15) is 5.60 Å². The molecule has 9 heteroatoms. The molecule has 47 heavy (non-hydrogen) atoms. The Bertz CT molecular complexity index is 1260. The van der Waals surface area contributed by atoms with Crippen LogP contribution >= 0.6 is 0 Å². The summed E-state index contributed by atoms with van der Waals surface area (Å²) in [6.07, 6.45) is 6.96. The summed E-state index contributed by atoms with van der Waals surface area (Å²) in [6, 6.07) is 20.1. The highest BCUT2D eigenvalue weighted by molar-refractivity contribution is 6.99. The molecule has 0 unspecified atom stereocenters. The summed E-state index contributed by atoms with van der Waals surface area (Å²) in [7, 11) is -2.61. The molecule has 2 aromatic rings. The van der Waals surface area contributed by atoms with Gasteiger partial charge in [-0.2, -0.15) is 0 Å². The first-order valence-corrected chi connectivity index (χ1v) is 18.9. The van der Waals surface area contributed by atoms with Crippen LogP contribution in [0.5, 0.6) is 0 Å². The molecule has 0 N–H and O–H groups in total. The summed E-state index contributed by atoms with van der Waals surface area (Å²) < 4.78 is 23.4. The van der Waals surface area contributed by atoms with Gasteiger partial charge in [0.05, 0.1) is 19.3 Å². The first kappa shape index (κ1) is 38.0. The van der Waals surface area contributed by atoms with E-state index in [0.717, 1.165) is 19.3 Å². The molecule has 1 aliphatic heterocycles. The number of amides is 1. The summed E-state index contributed by atoms with van der Waals surface area (Å²) in [5.74, 6) is -2.73. The third-order valence-corrected chi connectivity index (χ3v) is 13.4. The van der Waals surface area contributed by atoms with Crippen molar-refractivity contribution in [2.45, 2.75) is 110 Å². The van der Waals surface area contributed by atoms with Gasteiger partial charge in [-0.3, -0.25) is 14.5 Å². The van der Waals surface area contributed by atoms with Crippen LogP contribution in [-0.4, -0.2) is 68.8 Å². The molecule has 8 nitrogen and oxygen atoms in total. The smallest absolute Gasteiger partial charge is 0.411 e. The molecule has 0 bridgehead atoms. The van der Waals surface area contributed by atoms with Crippen molar-refractivity contribution in [3.8, 4) is 0 Å². The highest BCUT2D eigenvalue weighted by atomic mass is 28.4. The normalized spacial score (nSPS) is 17.0. The van der Waals surface area contributed by atoms with Crippen molar-refractivity contribution in [2.75, 3.05) is 19.8 Å². The van der Waals surface area contributed by atoms with E-state index in [0.29, 0.717) is 19.4 Å². The molecule has 258 valence electrons. The predicted octanol–water partition coefficient (Wildman–Crippen LogP) is 6.80. The van der Waals surface area contributed by atoms with Crippen LogP contribution in [-0.2, 0) is 28.2 Å². The fraction of sp³-hybridized carbons (Fsp3) is 0.553. The lowest BCUT2D eigenvalue weighted by Crippen LogP contribution is -2.66. The van der Waals surface area contributed by atoms with Gasteiger partial charge in [-0.15, -0.1) is 0 Å². The topological polar surface area (TPSA) is 91.4 Å². The van der Waals surface area contributed by atoms with Gasteiger partial charge in [-0.25, -0.2) is 4.79 Å². The predicted molar refractivity (Wildman–Crippen MR) is 188 cm³/mol. The lowest BCUT2D eigenvalue weighted by Gasteiger charge is -2.43. The first-order valence-electron chi connectivity index (χ1n) is 17.0. The molecule has 1 aliphatic rings. The van der Waals surface area contributed by atoms with Crippen molar-refractivity contribution in [2.24, 2.45) is 5.92 Å². The Balaban J connectivity index is 1.77. The molecule has 2 atom stereocenters. The molecular weight excluding hydrogens is 611 g/mol. The molecule has 0 fully saturated rings. The van der Waals surface area contributed by atoms with Gasteiger partial charge in [-0.05, 0) is 69.3 Å². The number of ether oxygens (including phenoxy) is 3. The van der Waals surface area contributed by atoms with E-state index in [2.05, 4.69) is 69.3 Å². The van der Waals surface area contributed by atoms with Gasteiger partial charge in [0.2, 0.25) is 0 Å². The second-order valence-electron chi connectivity index (χ2n) is 14.0. The third-order valence-electron chi connectivity index (χ3n) is 8.40. The third kappa shape index (κ3) is 9.80. The number of unbranched alkanes of at least 4 members (excludes halogenated alkanes) is 2. The van der Waals surface area contributed by atoms with Crippen LogP contribution in [0, 0.1) is 5.92 Å². The quantitative estimate of drug-likeness (QED) is 0.0548. The number of benzene rings is 2. The van der Waals surface area contributed by atoms with E-state index in [4.69, 9.17) is 18.6 Å². The minimum Gasteiger partial charge on any atom is -0.465 e. The largest absolute Gasteiger partial charge is 0.465 e. The lowest BCUT2D eigenvalue weighted by molar-refractivity contribution is -0.164. The monoisotopic (exact) mass is 665 g/mol. The van der Waals surface area contributed by atoms with Crippen molar-refractivity contribution in [1.82, 2.24) is 4.90 Å². The molecule has 3 rings (SSSR count). The Hall–Kier alpha value is -3.43. The Labute approximate surface area is 282 Å². The van der Waals surface area contributed by atoms with Gasteiger partial charge < -0.3 is 18.6 Å². The lowest BCUT2D eigenvalue weighted by atomic mass is 9.90. The summed E-state index contributed by atoms with van der Waals surface area (Å²) in [5.41, 5.74) is -0.755. The van der Waals surface area contributed by atoms with Crippen molar-refractivity contribution >= 4 is 36.7 Å². The Kier molecular flexibility index (Phi) is 13.8. The van der Waals surface area contributed by atoms with Crippen molar-refractivity contribution < 1.29 is 33.0 Å². The van der Waals surface area contributed by atoms with E-state index >= 15 is 0 Å². The molecule has 1 heterocycles. The van der Waals surface area contributed by atoms with Crippen LogP contribution in [0.15, 0.2) is 72.8 Å². The van der Waals surface area contributed by atoms with Crippen LogP contribution in [0.3, 0.4) is 0 Å². The van der Waals surface area contributed by atoms with Crippen LogP contribution in [0.1, 0.15) is 87.5 Å². The summed E-state index contributed by atoms with van der Waals surface area (Å²) in [4.78, 5) is 41.3. The SMILES string of the molecule is CCOC(=O)C(C(=O)OCC)[C@@H]1C=CC[C@@H](CCCCCO[Si](c2ccccc2)(c2ccccc2)C(C)(C)C)N1C(=O)OC(C)(C)C. The molecule has 1 amide bonds. The molecule has 0 aliphatic carbocycles.